The molecule has 3 nitrogen and oxygen atoms in total. The first-order chi connectivity index (χ1) is 6.32. The molecule has 0 bridgehead atoms. The van der Waals surface area contributed by atoms with E-state index in [-0.39, 0.29) is 6.10 Å². The van der Waals surface area contributed by atoms with Gasteiger partial charge >= 0.3 is 89.7 Å². The van der Waals surface area contributed by atoms with E-state index in [0.29, 0.717) is 0 Å². The second kappa shape index (κ2) is 4.12. The summed E-state index contributed by atoms with van der Waals surface area (Å²) in [7, 11) is 0. The van der Waals surface area contributed by atoms with Gasteiger partial charge in [0.05, 0.1) is 0 Å². The first kappa shape index (κ1) is 11.9. The van der Waals surface area contributed by atoms with Crippen molar-refractivity contribution in [3.05, 3.63) is 5.76 Å². The summed E-state index contributed by atoms with van der Waals surface area (Å²) in [6.45, 7) is 5.98. The minimum absolute atomic E-state index is 0.159. The van der Waals surface area contributed by atoms with E-state index < -0.39 is 18.4 Å². The van der Waals surface area contributed by atoms with Gasteiger partial charge in [0, 0.05) is 0 Å². The van der Waals surface area contributed by atoms with Crippen molar-refractivity contribution in [2.24, 2.45) is 0 Å². The van der Waals surface area contributed by atoms with Crippen molar-refractivity contribution in [2.45, 2.75) is 41.7 Å². The quantitative estimate of drug-likeness (QED) is 0.804. The molecule has 0 radical (unpaired) electrons. The molecule has 14 heavy (non-hydrogen) atoms. The fraction of sp³-hybridized carbons (Fsp3) is 0.700. The molecular weight excluding hydrogens is 285 g/mol. The second-order valence-corrected chi connectivity index (χ2v) is 19.1. The number of ether oxygens (including phenoxy) is 1. The zero-order chi connectivity index (χ0) is 10.9. The molecule has 0 aliphatic carbocycles. The number of nitrogens with zero attached hydrogens (tertiary/aromatic N) is 1. The Morgan fingerprint density at radius 3 is 2.29 bits per heavy atom. The number of hydrogen-bond donors (Lipinski definition) is 0. The minimum atomic E-state index is -2.15. The zero-order valence-corrected chi connectivity index (χ0v) is 12.7. The Morgan fingerprint density at radius 1 is 1.29 bits per heavy atom. The molecule has 0 spiro atoms. The molecule has 0 N–H and O–H groups in total. The Hall–Kier alpha value is -0.191. The molecule has 4 heteroatoms. The molecule has 1 aromatic rings. The average Bonchev–Trinajstić information content (AvgIpc) is 2.28. The van der Waals surface area contributed by atoms with Gasteiger partial charge in [0.25, 0.3) is 0 Å². The molecule has 0 saturated heterocycles. The van der Waals surface area contributed by atoms with Gasteiger partial charge in [-0.05, 0) is 0 Å². The fourth-order valence-corrected chi connectivity index (χ4v) is 6.78. The summed E-state index contributed by atoms with van der Waals surface area (Å²) >= 11 is -2.15. The van der Waals surface area contributed by atoms with E-state index in [1.165, 1.54) is 3.58 Å². The van der Waals surface area contributed by atoms with Gasteiger partial charge in [-0.25, -0.2) is 0 Å². The first-order valence-electron chi connectivity index (χ1n) is 4.95. The standard InChI is InChI=1S/C7H10NO2.3CH3.Sn/c1-5(2)9-7-4-6(3)10-8-7;;;;/h5H,1-3H3;3*1H3;. The summed E-state index contributed by atoms with van der Waals surface area (Å²) in [4.78, 5) is 7.00. The SMILES string of the molecule is Cc1onc(OC(C)C)[c]1[Sn]([CH3])([CH3])[CH3]. The van der Waals surface area contributed by atoms with Crippen LogP contribution < -0.4 is 8.32 Å². The predicted octanol–water partition coefficient (Wildman–Crippen LogP) is 2.32. The molecule has 0 aromatic carbocycles. The topological polar surface area (TPSA) is 35.3 Å². The van der Waals surface area contributed by atoms with Gasteiger partial charge in [0.2, 0.25) is 0 Å². The first-order valence-corrected chi connectivity index (χ1v) is 14.9. The van der Waals surface area contributed by atoms with Crippen molar-refractivity contribution < 1.29 is 9.26 Å². The van der Waals surface area contributed by atoms with Crippen molar-refractivity contribution in [3.63, 3.8) is 0 Å². The van der Waals surface area contributed by atoms with E-state index in [9.17, 15) is 0 Å². The van der Waals surface area contributed by atoms with Crippen molar-refractivity contribution in [3.8, 4) is 5.88 Å². The molecule has 0 aliphatic rings. The molecule has 0 amide bonds. The maximum absolute atomic E-state index is 5.64. The Balaban J connectivity index is 3.07. The third-order valence-corrected chi connectivity index (χ3v) is 7.83. The Kier molecular flexibility index (Phi) is 3.50. The van der Waals surface area contributed by atoms with Gasteiger partial charge in [0.15, 0.2) is 0 Å². The zero-order valence-electron chi connectivity index (χ0n) is 9.84. The predicted molar refractivity (Wildman–Crippen MR) is 60.0 cm³/mol. The summed E-state index contributed by atoms with van der Waals surface area (Å²) in [5.41, 5.74) is 0. The van der Waals surface area contributed by atoms with Crippen LogP contribution in [-0.2, 0) is 0 Å². The van der Waals surface area contributed by atoms with E-state index in [0.717, 1.165) is 11.6 Å². The maximum atomic E-state index is 5.64. The van der Waals surface area contributed by atoms with E-state index in [2.05, 4.69) is 20.0 Å². The molecule has 0 atom stereocenters. The number of aryl methyl sites for hydroxylation is 1. The van der Waals surface area contributed by atoms with Crippen molar-refractivity contribution >= 4 is 22.0 Å². The molecule has 0 saturated carbocycles. The fourth-order valence-electron chi connectivity index (χ4n) is 1.50. The van der Waals surface area contributed by atoms with Gasteiger partial charge in [0.1, 0.15) is 0 Å². The van der Waals surface area contributed by atoms with E-state index in [1.807, 2.05) is 20.8 Å². The van der Waals surface area contributed by atoms with E-state index in [4.69, 9.17) is 9.26 Å². The van der Waals surface area contributed by atoms with Gasteiger partial charge in [-0.3, -0.25) is 0 Å². The van der Waals surface area contributed by atoms with Crippen molar-refractivity contribution in [1.82, 2.24) is 5.16 Å². The summed E-state index contributed by atoms with van der Waals surface area (Å²) in [5, 5.41) is 3.98. The van der Waals surface area contributed by atoms with Gasteiger partial charge in [-0.2, -0.15) is 0 Å². The van der Waals surface area contributed by atoms with Crippen LogP contribution in [0.5, 0.6) is 5.88 Å². The normalized spacial score (nSPS) is 12.2. The van der Waals surface area contributed by atoms with Crippen LogP contribution in [0.25, 0.3) is 0 Å². The van der Waals surface area contributed by atoms with Gasteiger partial charge in [-0.15, -0.1) is 0 Å². The monoisotopic (exact) mass is 305 g/mol. The van der Waals surface area contributed by atoms with Crippen LogP contribution in [0.1, 0.15) is 19.6 Å². The third kappa shape index (κ3) is 2.65. The molecule has 1 heterocycles. The van der Waals surface area contributed by atoms with Gasteiger partial charge in [-0.1, -0.05) is 0 Å². The van der Waals surface area contributed by atoms with Crippen LogP contribution >= 0.6 is 0 Å². The van der Waals surface area contributed by atoms with Gasteiger partial charge < -0.3 is 0 Å². The van der Waals surface area contributed by atoms with Crippen LogP contribution in [0, 0.1) is 6.92 Å². The average molecular weight is 304 g/mol. The van der Waals surface area contributed by atoms with Crippen LogP contribution in [0.2, 0.25) is 14.8 Å². The third-order valence-electron chi connectivity index (χ3n) is 1.93. The van der Waals surface area contributed by atoms with Crippen molar-refractivity contribution in [1.29, 1.82) is 0 Å². The molecule has 1 rings (SSSR count). The second-order valence-electron chi connectivity index (χ2n) is 4.84. The van der Waals surface area contributed by atoms with Crippen LogP contribution in [0.3, 0.4) is 0 Å². The summed E-state index contributed by atoms with van der Waals surface area (Å²) < 4.78 is 12.1. The Morgan fingerprint density at radius 2 is 1.86 bits per heavy atom. The molecule has 0 aliphatic heterocycles. The summed E-state index contributed by atoms with van der Waals surface area (Å²) in [5.74, 6) is 1.66. The molecule has 0 unspecified atom stereocenters. The van der Waals surface area contributed by atoms with Crippen molar-refractivity contribution in [2.75, 3.05) is 0 Å². The molecule has 0 fully saturated rings. The van der Waals surface area contributed by atoms with E-state index >= 15 is 0 Å². The number of hydrogen-bond acceptors (Lipinski definition) is 3. The molecule has 80 valence electrons. The van der Waals surface area contributed by atoms with Crippen LogP contribution in [-0.4, -0.2) is 29.6 Å². The summed E-state index contributed by atoms with van der Waals surface area (Å²) in [6.07, 6.45) is 0.159. The van der Waals surface area contributed by atoms with Crippen LogP contribution in [0.4, 0.5) is 0 Å². The Labute approximate surface area is 89.7 Å². The molecular formula is C10H19NO2Sn. The Bertz CT molecular complexity index is 312. The number of aromatic nitrogens is 1. The van der Waals surface area contributed by atoms with E-state index in [1.54, 1.807) is 0 Å². The molecule has 1 aromatic heterocycles. The summed E-state index contributed by atoms with van der Waals surface area (Å²) in [6, 6.07) is 0. The number of rotatable bonds is 3. The van der Waals surface area contributed by atoms with Crippen LogP contribution in [0.15, 0.2) is 4.52 Å².